The molecule has 4 heteroatoms. The van der Waals surface area contributed by atoms with Crippen molar-refractivity contribution in [1.29, 1.82) is 0 Å². The van der Waals surface area contributed by atoms with Crippen LogP contribution in [0.15, 0.2) is 18.2 Å². The molecule has 1 heterocycles. The topological polar surface area (TPSA) is 44.8 Å². The lowest BCUT2D eigenvalue weighted by atomic mass is 10.1. The van der Waals surface area contributed by atoms with E-state index in [0.717, 1.165) is 5.56 Å². The molecule has 0 aliphatic carbocycles. The zero-order valence-electron chi connectivity index (χ0n) is 8.15. The molecule has 0 saturated carbocycles. The summed E-state index contributed by atoms with van der Waals surface area (Å²) in [7, 11) is 1.56. The van der Waals surface area contributed by atoms with Crippen molar-refractivity contribution in [3.05, 3.63) is 23.8 Å². The molecule has 0 atom stereocenters. The summed E-state index contributed by atoms with van der Waals surface area (Å²) in [5.74, 6) is 1.94. The van der Waals surface area contributed by atoms with E-state index in [1.165, 1.54) is 6.08 Å². The SMILES string of the molecule is COc1cc2c(cc1/C=C/[C]=O)OCO2. The molecule has 1 aromatic rings. The highest BCUT2D eigenvalue weighted by Gasteiger charge is 2.16. The molecule has 0 bridgehead atoms. The first-order valence-corrected chi connectivity index (χ1v) is 4.37. The molecular weight excluding hydrogens is 196 g/mol. The Kier molecular flexibility index (Phi) is 2.58. The molecule has 2 rings (SSSR count). The molecule has 4 nitrogen and oxygen atoms in total. The first-order chi connectivity index (χ1) is 7.35. The molecule has 0 aromatic heterocycles. The van der Waals surface area contributed by atoms with E-state index in [-0.39, 0.29) is 6.79 Å². The summed E-state index contributed by atoms with van der Waals surface area (Å²) in [5, 5.41) is 0. The molecule has 1 aliphatic heterocycles. The van der Waals surface area contributed by atoms with Gasteiger partial charge in [0.15, 0.2) is 11.5 Å². The fourth-order valence-corrected chi connectivity index (χ4v) is 1.37. The number of carbonyl (C=O) groups excluding carboxylic acids is 1. The summed E-state index contributed by atoms with van der Waals surface area (Å²) >= 11 is 0. The van der Waals surface area contributed by atoms with Gasteiger partial charge in [-0.1, -0.05) is 0 Å². The zero-order valence-corrected chi connectivity index (χ0v) is 8.15. The van der Waals surface area contributed by atoms with Crippen LogP contribution in [0.25, 0.3) is 6.08 Å². The highest BCUT2D eigenvalue weighted by atomic mass is 16.7. The number of ether oxygens (including phenoxy) is 3. The largest absolute Gasteiger partial charge is 0.496 e. The Morgan fingerprint density at radius 2 is 2.13 bits per heavy atom. The predicted molar refractivity (Wildman–Crippen MR) is 53.8 cm³/mol. The van der Waals surface area contributed by atoms with Crippen LogP contribution >= 0.6 is 0 Å². The molecule has 0 spiro atoms. The van der Waals surface area contributed by atoms with Crippen LogP contribution < -0.4 is 14.2 Å². The monoisotopic (exact) mass is 205 g/mol. The van der Waals surface area contributed by atoms with Crippen molar-refractivity contribution >= 4 is 12.4 Å². The van der Waals surface area contributed by atoms with E-state index >= 15 is 0 Å². The van der Waals surface area contributed by atoms with Crippen LogP contribution in [-0.2, 0) is 4.79 Å². The van der Waals surface area contributed by atoms with Crippen molar-refractivity contribution in [2.45, 2.75) is 0 Å². The van der Waals surface area contributed by atoms with Crippen LogP contribution in [0.2, 0.25) is 0 Å². The number of fused-ring (bicyclic) bond motifs is 1. The Labute approximate surface area is 87.1 Å². The van der Waals surface area contributed by atoms with Gasteiger partial charge in [-0.25, -0.2) is 0 Å². The maximum atomic E-state index is 10.1. The second-order valence-electron chi connectivity index (χ2n) is 2.90. The summed E-state index contributed by atoms with van der Waals surface area (Å²) in [5.41, 5.74) is 0.755. The van der Waals surface area contributed by atoms with Crippen molar-refractivity contribution < 1.29 is 19.0 Å². The van der Waals surface area contributed by atoms with Gasteiger partial charge in [0.25, 0.3) is 0 Å². The Balaban J connectivity index is 2.43. The van der Waals surface area contributed by atoms with Gasteiger partial charge in [-0.2, -0.15) is 0 Å². The van der Waals surface area contributed by atoms with Crippen LogP contribution in [0.4, 0.5) is 0 Å². The maximum absolute atomic E-state index is 10.1. The van der Waals surface area contributed by atoms with Gasteiger partial charge >= 0.3 is 0 Å². The van der Waals surface area contributed by atoms with Gasteiger partial charge in [0.05, 0.1) is 7.11 Å². The summed E-state index contributed by atoms with van der Waals surface area (Å²) in [6.45, 7) is 0.214. The number of methoxy groups -OCH3 is 1. The summed E-state index contributed by atoms with van der Waals surface area (Å²) in [6, 6.07) is 3.49. The minimum absolute atomic E-state index is 0.214. The van der Waals surface area contributed by atoms with E-state index < -0.39 is 0 Å². The van der Waals surface area contributed by atoms with E-state index in [9.17, 15) is 4.79 Å². The van der Waals surface area contributed by atoms with E-state index in [0.29, 0.717) is 17.2 Å². The van der Waals surface area contributed by atoms with Gasteiger partial charge < -0.3 is 14.2 Å². The number of hydrogen-bond donors (Lipinski definition) is 0. The number of hydrogen-bond acceptors (Lipinski definition) is 4. The quantitative estimate of drug-likeness (QED) is 0.702. The van der Waals surface area contributed by atoms with Gasteiger partial charge in [0.2, 0.25) is 13.1 Å². The van der Waals surface area contributed by atoms with Crippen molar-refractivity contribution in [3.8, 4) is 17.2 Å². The van der Waals surface area contributed by atoms with Crippen LogP contribution in [-0.4, -0.2) is 20.2 Å². The Bertz CT molecular complexity index is 409. The summed E-state index contributed by atoms with van der Waals surface area (Å²) in [6.07, 6.45) is 4.56. The van der Waals surface area contributed by atoms with Gasteiger partial charge in [-0.15, -0.1) is 0 Å². The van der Waals surface area contributed by atoms with Gasteiger partial charge in [-0.05, 0) is 18.2 Å². The normalized spacial score (nSPS) is 13.1. The van der Waals surface area contributed by atoms with Crippen LogP contribution in [0, 0.1) is 0 Å². The van der Waals surface area contributed by atoms with Crippen LogP contribution in [0.5, 0.6) is 17.2 Å². The Morgan fingerprint density at radius 1 is 1.40 bits per heavy atom. The molecule has 1 aromatic carbocycles. The number of benzene rings is 1. The lowest BCUT2D eigenvalue weighted by molar-refractivity contribution is 0.174. The highest BCUT2D eigenvalue weighted by molar-refractivity contribution is 5.77. The predicted octanol–water partition coefficient (Wildman–Crippen LogP) is 1.55. The molecule has 77 valence electrons. The lowest BCUT2D eigenvalue weighted by Crippen LogP contribution is -1.92. The van der Waals surface area contributed by atoms with E-state index in [1.54, 1.807) is 31.6 Å². The van der Waals surface area contributed by atoms with Gasteiger partial charge in [0.1, 0.15) is 5.75 Å². The molecule has 1 radical (unpaired) electrons. The number of allylic oxidation sites excluding steroid dienone is 1. The summed E-state index contributed by atoms with van der Waals surface area (Å²) in [4.78, 5) is 10.1. The molecular formula is C11H9O4. The second kappa shape index (κ2) is 4.04. The highest BCUT2D eigenvalue weighted by Crippen LogP contribution is 2.38. The fraction of sp³-hybridized carbons (Fsp3) is 0.182. The second-order valence-corrected chi connectivity index (χ2v) is 2.90. The minimum atomic E-state index is 0.214. The van der Waals surface area contributed by atoms with Crippen LogP contribution in [0.3, 0.4) is 0 Å². The third-order valence-electron chi connectivity index (χ3n) is 2.06. The van der Waals surface area contributed by atoms with Crippen molar-refractivity contribution in [3.63, 3.8) is 0 Å². The third-order valence-corrected chi connectivity index (χ3v) is 2.06. The van der Waals surface area contributed by atoms with E-state index in [1.807, 2.05) is 0 Å². The van der Waals surface area contributed by atoms with E-state index in [4.69, 9.17) is 14.2 Å². The van der Waals surface area contributed by atoms with E-state index in [2.05, 4.69) is 0 Å². The molecule has 0 fully saturated rings. The first-order valence-electron chi connectivity index (χ1n) is 4.37. The third kappa shape index (κ3) is 1.79. The van der Waals surface area contributed by atoms with Crippen molar-refractivity contribution in [2.24, 2.45) is 0 Å². The van der Waals surface area contributed by atoms with Crippen molar-refractivity contribution in [1.82, 2.24) is 0 Å². The van der Waals surface area contributed by atoms with Crippen molar-refractivity contribution in [2.75, 3.05) is 13.9 Å². The first kappa shape index (κ1) is 9.58. The zero-order chi connectivity index (χ0) is 10.7. The molecule has 0 amide bonds. The van der Waals surface area contributed by atoms with Gasteiger partial charge in [0, 0.05) is 11.6 Å². The fourth-order valence-electron chi connectivity index (χ4n) is 1.37. The molecule has 1 aliphatic rings. The molecule has 0 unspecified atom stereocenters. The number of rotatable bonds is 3. The molecule has 0 N–H and O–H groups in total. The average Bonchev–Trinajstić information content (AvgIpc) is 2.71. The molecule has 0 saturated heterocycles. The lowest BCUT2D eigenvalue weighted by Gasteiger charge is -2.05. The maximum Gasteiger partial charge on any atom is 0.231 e. The standard InChI is InChI=1S/C11H9O4/c1-13-9-6-11-10(14-7-15-11)5-8(9)3-2-4-12/h2-3,5-6H,7H2,1H3/b3-2+. The molecule has 15 heavy (non-hydrogen) atoms. The van der Waals surface area contributed by atoms with Gasteiger partial charge in [-0.3, -0.25) is 4.79 Å². The smallest absolute Gasteiger partial charge is 0.231 e. The Morgan fingerprint density at radius 3 is 2.80 bits per heavy atom. The summed E-state index contributed by atoms with van der Waals surface area (Å²) < 4.78 is 15.6. The Hall–Kier alpha value is -1.97. The van der Waals surface area contributed by atoms with Crippen LogP contribution in [0.1, 0.15) is 5.56 Å². The average molecular weight is 205 g/mol. The minimum Gasteiger partial charge on any atom is -0.496 e.